The molecule has 2 aromatic rings. The molecule has 0 amide bonds. The lowest BCUT2D eigenvalue weighted by molar-refractivity contribution is 0.240. The van der Waals surface area contributed by atoms with Gasteiger partial charge in [0.2, 0.25) is 0 Å². The molecule has 0 saturated carbocycles. The molecule has 0 fully saturated rings. The zero-order valence-electron chi connectivity index (χ0n) is 12.6. The van der Waals surface area contributed by atoms with E-state index in [9.17, 15) is 5.11 Å². The number of aliphatic hydroxyl groups is 1. The predicted molar refractivity (Wildman–Crippen MR) is 85.3 cm³/mol. The molecule has 0 saturated heterocycles. The van der Waals surface area contributed by atoms with Crippen molar-refractivity contribution in [1.29, 1.82) is 0 Å². The molecule has 2 aromatic carbocycles. The Morgan fingerprint density at radius 1 is 1.05 bits per heavy atom. The number of ether oxygens (including phenoxy) is 1. The smallest absolute Gasteiger partial charge is 0.120 e. The first-order chi connectivity index (χ1) is 10.2. The van der Waals surface area contributed by atoms with Gasteiger partial charge in [0.15, 0.2) is 0 Å². The Labute approximate surface area is 126 Å². The summed E-state index contributed by atoms with van der Waals surface area (Å²) in [5.74, 6) is 0.879. The average Bonchev–Trinajstić information content (AvgIpc) is 2.49. The van der Waals surface area contributed by atoms with Crippen LogP contribution in [-0.2, 0) is 6.54 Å². The van der Waals surface area contributed by atoms with Crippen LogP contribution in [0.4, 0.5) is 0 Å². The lowest BCUT2D eigenvalue weighted by atomic mass is 10.1. The molecule has 0 aliphatic rings. The third kappa shape index (κ3) is 4.88. The fraction of sp³-hybridized carbons (Fsp3) is 0.333. The van der Waals surface area contributed by atoms with Crippen molar-refractivity contribution in [2.75, 3.05) is 6.61 Å². The summed E-state index contributed by atoms with van der Waals surface area (Å²) in [6, 6.07) is 18.0. The van der Waals surface area contributed by atoms with Gasteiger partial charge < -0.3 is 15.2 Å². The lowest BCUT2D eigenvalue weighted by Crippen LogP contribution is -2.23. The zero-order chi connectivity index (χ0) is 15.1. The maximum absolute atomic E-state index is 9.54. The molecule has 0 bridgehead atoms. The van der Waals surface area contributed by atoms with Gasteiger partial charge in [-0.15, -0.1) is 0 Å². The van der Waals surface area contributed by atoms with Gasteiger partial charge in [-0.3, -0.25) is 0 Å². The second-order valence-corrected chi connectivity index (χ2v) is 5.34. The molecular formula is C18H23NO2. The molecule has 2 rings (SSSR count). The van der Waals surface area contributed by atoms with Crippen LogP contribution in [0, 0.1) is 0 Å². The van der Waals surface area contributed by atoms with Crippen molar-refractivity contribution in [3.63, 3.8) is 0 Å². The quantitative estimate of drug-likeness (QED) is 0.820. The number of hydrogen-bond donors (Lipinski definition) is 2. The van der Waals surface area contributed by atoms with Gasteiger partial charge in [-0.1, -0.05) is 42.5 Å². The minimum Gasteiger partial charge on any atom is -0.491 e. The molecule has 0 aliphatic carbocycles. The Morgan fingerprint density at radius 3 is 2.48 bits per heavy atom. The monoisotopic (exact) mass is 285 g/mol. The minimum absolute atomic E-state index is 0.0547. The molecule has 2 N–H and O–H groups in total. The number of hydrogen-bond acceptors (Lipinski definition) is 3. The summed E-state index contributed by atoms with van der Waals surface area (Å²) in [7, 11) is 0. The van der Waals surface area contributed by atoms with E-state index in [0.717, 1.165) is 16.9 Å². The Morgan fingerprint density at radius 2 is 1.81 bits per heavy atom. The van der Waals surface area contributed by atoms with Gasteiger partial charge in [-0.05, 0) is 37.1 Å². The van der Waals surface area contributed by atoms with Crippen LogP contribution in [0.25, 0.3) is 0 Å². The van der Waals surface area contributed by atoms with Crippen molar-refractivity contribution in [3.8, 4) is 5.75 Å². The summed E-state index contributed by atoms with van der Waals surface area (Å²) >= 11 is 0. The van der Waals surface area contributed by atoms with Crippen molar-refractivity contribution in [1.82, 2.24) is 5.32 Å². The van der Waals surface area contributed by atoms with Gasteiger partial charge >= 0.3 is 0 Å². The molecule has 0 spiro atoms. The van der Waals surface area contributed by atoms with Crippen LogP contribution in [0.5, 0.6) is 5.75 Å². The van der Waals surface area contributed by atoms with Crippen LogP contribution in [-0.4, -0.2) is 17.8 Å². The predicted octanol–water partition coefficient (Wildman–Crippen LogP) is 3.30. The summed E-state index contributed by atoms with van der Waals surface area (Å²) in [6.45, 7) is 4.80. The maximum Gasteiger partial charge on any atom is 0.120 e. The SMILES string of the molecule is CC(C)Oc1cccc(CNC(CO)c2ccccc2)c1. The summed E-state index contributed by atoms with van der Waals surface area (Å²) < 4.78 is 5.70. The summed E-state index contributed by atoms with van der Waals surface area (Å²) in [5, 5.41) is 12.9. The normalized spacial score (nSPS) is 12.4. The van der Waals surface area contributed by atoms with E-state index in [-0.39, 0.29) is 18.8 Å². The Kier molecular flexibility index (Phi) is 5.78. The van der Waals surface area contributed by atoms with E-state index in [1.807, 2.05) is 62.4 Å². The fourth-order valence-electron chi connectivity index (χ4n) is 2.22. The van der Waals surface area contributed by atoms with E-state index in [1.54, 1.807) is 0 Å². The first kappa shape index (κ1) is 15.5. The number of aliphatic hydroxyl groups excluding tert-OH is 1. The molecule has 0 aliphatic heterocycles. The van der Waals surface area contributed by atoms with Crippen molar-refractivity contribution >= 4 is 0 Å². The van der Waals surface area contributed by atoms with E-state index >= 15 is 0 Å². The molecule has 1 atom stereocenters. The van der Waals surface area contributed by atoms with Crippen molar-refractivity contribution in [3.05, 3.63) is 65.7 Å². The summed E-state index contributed by atoms with van der Waals surface area (Å²) in [4.78, 5) is 0. The van der Waals surface area contributed by atoms with Gasteiger partial charge in [0.1, 0.15) is 5.75 Å². The standard InChI is InChI=1S/C18H23NO2/c1-14(2)21-17-10-6-7-15(11-17)12-19-18(13-20)16-8-4-3-5-9-16/h3-11,14,18-20H,12-13H2,1-2H3. The molecule has 3 heteroatoms. The number of rotatable bonds is 7. The molecule has 0 aromatic heterocycles. The number of nitrogens with one attached hydrogen (secondary N) is 1. The third-order valence-corrected chi connectivity index (χ3v) is 3.21. The van der Waals surface area contributed by atoms with E-state index < -0.39 is 0 Å². The van der Waals surface area contributed by atoms with E-state index in [4.69, 9.17) is 4.74 Å². The first-order valence-corrected chi connectivity index (χ1v) is 7.34. The van der Waals surface area contributed by atoms with Crippen LogP contribution >= 0.6 is 0 Å². The zero-order valence-corrected chi connectivity index (χ0v) is 12.6. The van der Waals surface area contributed by atoms with Gasteiger partial charge in [0.05, 0.1) is 18.8 Å². The van der Waals surface area contributed by atoms with Crippen LogP contribution in [0.2, 0.25) is 0 Å². The van der Waals surface area contributed by atoms with Crippen LogP contribution < -0.4 is 10.1 Å². The maximum atomic E-state index is 9.54. The van der Waals surface area contributed by atoms with Gasteiger partial charge in [-0.25, -0.2) is 0 Å². The third-order valence-electron chi connectivity index (χ3n) is 3.21. The highest BCUT2D eigenvalue weighted by molar-refractivity contribution is 5.29. The average molecular weight is 285 g/mol. The molecule has 21 heavy (non-hydrogen) atoms. The van der Waals surface area contributed by atoms with E-state index in [0.29, 0.717) is 6.54 Å². The molecule has 3 nitrogen and oxygen atoms in total. The van der Waals surface area contributed by atoms with Crippen molar-refractivity contribution in [2.24, 2.45) is 0 Å². The van der Waals surface area contributed by atoms with E-state index in [1.165, 1.54) is 0 Å². The topological polar surface area (TPSA) is 41.5 Å². The largest absolute Gasteiger partial charge is 0.491 e. The highest BCUT2D eigenvalue weighted by atomic mass is 16.5. The first-order valence-electron chi connectivity index (χ1n) is 7.34. The Bertz CT molecular complexity index is 540. The second-order valence-electron chi connectivity index (χ2n) is 5.34. The molecule has 112 valence electrons. The minimum atomic E-state index is -0.0547. The fourth-order valence-corrected chi connectivity index (χ4v) is 2.22. The van der Waals surface area contributed by atoms with Crippen LogP contribution in [0.3, 0.4) is 0 Å². The lowest BCUT2D eigenvalue weighted by Gasteiger charge is -2.17. The Balaban J connectivity index is 1.98. The van der Waals surface area contributed by atoms with Gasteiger partial charge in [0.25, 0.3) is 0 Å². The van der Waals surface area contributed by atoms with E-state index in [2.05, 4.69) is 11.4 Å². The summed E-state index contributed by atoms with van der Waals surface area (Å²) in [5.41, 5.74) is 2.23. The summed E-state index contributed by atoms with van der Waals surface area (Å²) in [6.07, 6.45) is 0.169. The van der Waals surface area contributed by atoms with Gasteiger partial charge in [0, 0.05) is 6.54 Å². The second kappa shape index (κ2) is 7.81. The highest BCUT2D eigenvalue weighted by Crippen LogP contribution is 2.17. The Hall–Kier alpha value is -1.84. The van der Waals surface area contributed by atoms with Crippen LogP contribution in [0.15, 0.2) is 54.6 Å². The molecular weight excluding hydrogens is 262 g/mol. The molecule has 0 radical (unpaired) electrons. The highest BCUT2D eigenvalue weighted by Gasteiger charge is 2.09. The number of benzene rings is 2. The molecule has 1 unspecified atom stereocenters. The van der Waals surface area contributed by atoms with Crippen molar-refractivity contribution < 1.29 is 9.84 Å². The van der Waals surface area contributed by atoms with Gasteiger partial charge in [-0.2, -0.15) is 0 Å². The van der Waals surface area contributed by atoms with Crippen molar-refractivity contribution in [2.45, 2.75) is 32.5 Å². The molecule has 0 heterocycles. The van der Waals surface area contributed by atoms with Crippen LogP contribution in [0.1, 0.15) is 31.0 Å².